The zero-order valence-corrected chi connectivity index (χ0v) is 13.8. The van der Waals surface area contributed by atoms with Crippen molar-refractivity contribution in [1.82, 2.24) is 20.2 Å². The molecule has 0 unspecified atom stereocenters. The van der Waals surface area contributed by atoms with Crippen molar-refractivity contribution in [2.75, 3.05) is 64.4 Å². The summed E-state index contributed by atoms with van der Waals surface area (Å²) >= 11 is 1.70. The fourth-order valence-corrected chi connectivity index (χ4v) is 3.41. The van der Waals surface area contributed by atoms with Crippen LogP contribution in [0.25, 0.3) is 10.2 Å². The van der Waals surface area contributed by atoms with E-state index in [0.717, 1.165) is 50.7 Å². The minimum atomic E-state index is 0.789. The second-order valence-electron chi connectivity index (χ2n) is 5.48. The van der Waals surface area contributed by atoms with Gasteiger partial charge in [0.2, 0.25) is 0 Å². The highest BCUT2D eigenvalue weighted by atomic mass is 32.1. The molecule has 7 heteroatoms. The summed E-state index contributed by atoms with van der Waals surface area (Å²) < 4.78 is 6.51. The molecular weight excluding hydrogens is 298 g/mol. The molecule has 120 valence electrons. The molecule has 0 bridgehead atoms. The Hall–Kier alpha value is -1.28. The number of hydrogen-bond acceptors (Lipinski definition) is 7. The average molecular weight is 321 g/mol. The molecule has 0 aromatic carbocycles. The summed E-state index contributed by atoms with van der Waals surface area (Å²) in [7, 11) is 2.15. The van der Waals surface area contributed by atoms with Gasteiger partial charge in [-0.15, -0.1) is 11.3 Å². The molecule has 0 radical (unpaired) electrons. The van der Waals surface area contributed by atoms with E-state index in [0.29, 0.717) is 0 Å². The van der Waals surface area contributed by atoms with Gasteiger partial charge in [-0.1, -0.05) is 0 Å². The lowest BCUT2D eigenvalue weighted by Crippen LogP contribution is -2.40. The van der Waals surface area contributed by atoms with Crippen LogP contribution in [0.5, 0.6) is 0 Å². The first-order chi connectivity index (χ1) is 10.8. The zero-order valence-electron chi connectivity index (χ0n) is 13.0. The first-order valence-electron chi connectivity index (χ1n) is 7.75. The Labute approximate surface area is 135 Å². The molecule has 0 aliphatic carbocycles. The second kappa shape index (κ2) is 7.82. The van der Waals surface area contributed by atoms with Gasteiger partial charge in [0.25, 0.3) is 0 Å². The van der Waals surface area contributed by atoms with Crippen molar-refractivity contribution in [2.45, 2.75) is 0 Å². The van der Waals surface area contributed by atoms with Gasteiger partial charge >= 0.3 is 0 Å². The minimum absolute atomic E-state index is 0.789. The monoisotopic (exact) mass is 321 g/mol. The number of aromatic nitrogens is 2. The molecule has 2 aromatic heterocycles. The van der Waals surface area contributed by atoms with Gasteiger partial charge in [-0.05, 0) is 18.5 Å². The molecule has 0 saturated carbocycles. The number of ether oxygens (including phenoxy) is 1. The van der Waals surface area contributed by atoms with Gasteiger partial charge in [0, 0.05) is 39.3 Å². The number of nitrogens with zero attached hydrogens (tertiary/aromatic N) is 4. The van der Waals surface area contributed by atoms with Gasteiger partial charge in [0.15, 0.2) is 0 Å². The van der Waals surface area contributed by atoms with Crippen LogP contribution in [0.3, 0.4) is 0 Å². The number of hydrogen-bond donors (Lipinski definition) is 1. The van der Waals surface area contributed by atoms with E-state index in [1.807, 2.05) is 6.07 Å². The van der Waals surface area contributed by atoms with E-state index >= 15 is 0 Å². The molecule has 2 fully saturated rings. The fraction of sp³-hybridized carbons (Fsp3) is 0.600. The number of thiophene rings is 1. The predicted octanol–water partition coefficient (Wildman–Crippen LogP) is 1.05. The number of nitrogens with one attached hydrogen (secondary N) is 1. The van der Waals surface area contributed by atoms with E-state index in [-0.39, 0.29) is 0 Å². The van der Waals surface area contributed by atoms with E-state index < -0.39 is 0 Å². The van der Waals surface area contributed by atoms with Crippen LogP contribution < -0.4 is 10.2 Å². The molecule has 4 heterocycles. The predicted molar refractivity (Wildman–Crippen MR) is 90.8 cm³/mol. The van der Waals surface area contributed by atoms with Crippen LogP contribution in [0.4, 0.5) is 5.82 Å². The van der Waals surface area contributed by atoms with Crippen LogP contribution in [0, 0.1) is 0 Å². The van der Waals surface area contributed by atoms with E-state index in [1.165, 1.54) is 17.8 Å². The maximum atomic E-state index is 5.33. The Kier molecular flexibility index (Phi) is 5.55. The topological polar surface area (TPSA) is 53.5 Å². The van der Waals surface area contributed by atoms with Gasteiger partial charge < -0.3 is 19.9 Å². The van der Waals surface area contributed by atoms with E-state index in [2.05, 4.69) is 37.5 Å². The average Bonchev–Trinajstić information content (AvgIpc) is 3.05. The lowest BCUT2D eigenvalue weighted by atomic mass is 10.3. The molecule has 0 atom stereocenters. The SMILES string of the molecule is CN1CCNCC1.c1nc(N2CCOCC2)c2sccc2n1. The first kappa shape index (κ1) is 15.6. The lowest BCUT2D eigenvalue weighted by molar-refractivity contribution is 0.122. The number of rotatable bonds is 1. The molecule has 22 heavy (non-hydrogen) atoms. The smallest absolute Gasteiger partial charge is 0.150 e. The van der Waals surface area contributed by atoms with Crippen molar-refractivity contribution in [3.8, 4) is 0 Å². The van der Waals surface area contributed by atoms with Crippen LogP contribution in [0.2, 0.25) is 0 Å². The normalized spacial score (nSPS) is 19.8. The molecule has 2 saturated heterocycles. The van der Waals surface area contributed by atoms with E-state index in [1.54, 1.807) is 17.7 Å². The Morgan fingerprint density at radius 2 is 1.91 bits per heavy atom. The Morgan fingerprint density at radius 1 is 1.14 bits per heavy atom. The van der Waals surface area contributed by atoms with Gasteiger partial charge in [0.1, 0.15) is 12.1 Å². The summed E-state index contributed by atoms with van der Waals surface area (Å²) in [5, 5.41) is 5.33. The first-order valence-corrected chi connectivity index (χ1v) is 8.63. The zero-order chi connectivity index (χ0) is 15.2. The van der Waals surface area contributed by atoms with Crippen LogP contribution in [0.15, 0.2) is 17.8 Å². The van der Waals surface area contributed by atoms with Crippen molar-refractivity contribution >= 4 is 27.4 Å². The van der Waals surface area contributed by atoms with Crippen molar-refractivity contribution in [2.24, 2.45) is 0 Å². The molecule has 2 aliphatic heterocycles. The fourth-order valence-electron chi connectivity index (χ4n) is 2.55. The van der Waals surface area contributed by atoms with E-state index in [9.17, 15) is 0 Å². The van der Waals surface area contributed by atoms with Crippen molar-refractivity contribution in [1.29, 1.82) is 0 Å². The van der Waals surface area contributed by atoms with Crippen LogP contribution in [0.1, 0.15) is 0 Å². The number of fused-ring (bicyclic) bond motifs is 1. The molecule has 0 amide bonds. The molecule has 6 nitrogen and oxygen atoms in total. The highest BCUT2D eigenvalue weighted by Gasteiger charge is 2.15. The minimum Gasteiger partial charge on any atom is -0.378 e. The lowest BCUT2D eigenvalue weighted by Gasteiger charge is -2.27. The molecular formula is C15H23N5OS. The summed E-state index contributed by atoms with van der Waals surface area (Å²) in [5.41, 5.74) is 1.04. The summed E-state index contributed by atoms with van der Waals surface area (Å²) in [4.78, 5) is 13.2. The number of likely N-dealkylation sites (N-methyl/N-ethyl adjacent to an activating group) is 1. The highest BCUT2D eigenvalue weighted by Crippen LogP contribution is 2.27. The molecule has 2 aromatic rings. The third-order valence-electron chi connectivity index (χ3n) is 3.88. The van der Waals surface area contributed by atoms with Crippen molar-refractivity contribution in [3.63, 3.8) is 0 Å². The standard InChI is InChI=1S/C10H11N3OS.C5H12N2/c1-6-15-9-8(1)11-7-12-10(9)13-2-4-14-5-3-13;1-7-4-2-6-3-5-7/h1,6-7H,2-5H2;6H,2-5H2,1H3. The number of morpholine rings is 1. The van der Waals surface area contributed by atoms with Crippen LogP contribution >= 0.6 is 11.3 Å². The molecule has 0 spiro atoms. The Bertz CT molecular complexity index is 578. The van der Waals surface area contributed by atoms with Crippen LogP contribution in [-0.4, -0.2) is 74.4 Å². The third-order valence-corrected chi connectivity index (χ3v) is 4.78. The van der Waals surface area contributed by atoms with Crippen LogP contribution in [-0.2, 0) is 4.74 Å². The summed E-state index contributed by atoms with van der Waals surface area (Å²) in [5.74, 6) is 1.05. The maximum Gasteiger partial charge on any atom is 0.150 e. The maximum absolute atomic E-state index is 5.33. The number of anilines is 1. The summed E-state index contributed by atoms with van der Waals surface area (Å²) in [6.45, 7) is 8.16. The third kappa shape index (κ3) is 3.92. The Morgan fingerprint density at radius 3 is 2.59 bits per heavy atom. The van der Waals surface area contributed by atoms with Gasteiger partial charge in [-0.3, -0.25) is 0 Å². The Balaban J connectivity index is 0.000000174. The number of piperazine rings is 1. The molecule has 4 rings (SSSR count). The van der Waals surface area contributed by atoms with Crippen molar-refractivity contribution < 1.29 is 4.74 Å². The van der Waals surface area contributed by atoms with Gasteiger partial charge in [-0.2, -0.15) is 0 Å². The summed E-state index contributed by atoms with van der Waals surface area (Å²) in [6.07, 6.45) is 1.64. The second-order valence-corrected chi connectivity index (χ2v) is 6.40. The van der Waals surface area contributed by atoms with Crippen molar-refractivity contribution in [3.05, 3.63) is 17.8 Å². The quantitative estimate of drug-likeness (QED) is 0.847. The molecule has 1 N–H and O–H groups in total. The summed E-state index contributed by atoms with van der Waals surface area (Å²) in [6, 6.07) is 2.03. The largest absolute Gasteiger partial charge is 0.378 e. The molecule has 2 aliphatic rings. The van der Waals surface area contributed by atoms with Gasteiger partial charge in [0.05, 0.1) is 23.4 Å². The van der Waals surface area contributed by atoms with Gasteiger partial charge in [-0.25, -0.2) is 9.97 Å². The van der Waals surface area contributed by atoms with E-state index in [4.69, 9.17) is 4.74 Å². The highest BCUT2D eigenvalue weighted by molar-refractivity contribution is 7.17.